The Morgan fingerprint density at radius 2 is 1.48 bits per heavy atom. The Kier molecular flexibility index (Phi) is 12.8. The van der Waals surface area contributed by atoms with Gasteiger partial charge in [-0.05, 0) is 48.7 Å². The Morgan fingerprint density at radius 1 is 0.850 bits per heavy atom. The Bertz CT molecular complexity index is 2180. The van der Waals surface area contributed by atoms with Crippen LogP contribution in [0.15, 0.2) is 67.0 Å². The van der Waals surface area contributed by atoms with Gasteiger partial charge in [-0.25, -0.2) is 14.6 Å². The molecular formula is C38H41F6N11O5. The van der Waals surface area contributed by atoms with Crippen molar-refractivity contribution in [3.05, 3.63) is 83.9 Å². The number of esters is 2. The van der Waals surface area contributed by atoms with Gasteiger partial charge in [0.05, 0.1) is 12.9 Å². The summed E-state index contributed by atoms with van der Waals surface area (Å²) in [6.07, 6.45) is -14.9. The predicted molar refractivity (Wildman–Crippen MR) is 200 cm³/mol. The Hall–Kier alpha value is -5.90. The van der Waals surface area contributed by atoms with Crippen LogP contribution in [-0.4, -0.2) is 114 Å². The first-order valence-corrected chi connectivity index (χ1v) is 19.3. The highest BCUT2D eigenvalue weighted by Gasteiger charge is 2.57. The molecule has 2 aromatic carbocycles. The number of ether oxygens (including phenoxy) is 3. The average molecular weight is 846 g/mol. The number of nitrogens with one attached hydrogen (secondary N) is 2. The lowest BCUT2D eigenvalue weighted by atomic mass is 9.91. The van der Waals surface area contributed by atoms with Crippen LogP contribution in [0.1, 0.15) is 67.8 Å². The lowest BCUT2D eigenvalue weighted by molar-refractivity contribution is -0.221. The van der Waals surface area contributed by atoms with Crippen molar-refractivity contribution in [1.29, 1.82) is 0 Å². The molecule has 5 aromatic rings. The Labute approximate surface area is 338 Å². The molecule has 320 valence electrons. The van der Waals surface area contributed by atoms with Crippen LogP contribution in [-0.2, 0) is 30.3 Å². The van der Waals surface area contributed by atoms with Gasteiger partial charge in [0, 0.05) is 25.6 Å². The molecule has 0 amide bonds. The molecule has 2 N–H and O–H groups in total. The zero-order chi connectivity index (χ0) is 42.4. The molecule has 5 heterocycles. The minimum Gasteiger partial charge on any atom is -0.448 e. The molecule has 0 bridgehead atoms. The molecule has 2 aliphatic heterocycles. The number of hydrogen-bond donors (Lipinski definition) is 2. The number of fused-ring (bicyclic) bond motifs is 1. The maximum Gasteiger partial charge on any atom is 0.490 e. The number of halogens is 6. The maximum atomic E-state index is 13.8. The third kappa shape index (κ3) is 9.75. The molecule has 4 atom stereocenters. The van der Waals surface area contributed by atoms with Crippen molar-refractivity contribution in [3.63, 3.8) is 0 Å². The summed E-state index contributed by atoms with van der Waals surface area (Å²) >= 11 is 0. The molecule has 7 rings (SSSR count). The van der Waals surface area contributed by atoms with Gasteiger partial charge in [0.1, 0.15) is 0 Å². The summed E-state index contributed by atoms with van der Waals surface area (Å²) < 4.78 is 98.9. The van der Waals surface area contributed by atoms with Gasteiger partial charge in [-0.3, -0.25) is 4.57 Å². The van der Waals surface area contributed by atoms with Crippen molar-refractivity contribution in [2.75, 3.05) is 43.4 Å². The van der Waals surface area contributed by atoms with Crippen molar-refractivity contribution >= 4 is 34.9 Å². The summed E-state index contributed by atoms with van der Waals surface area (Å²) in [5.74, 6) is -5.95. The topological polar surface area (TPSA) is 176 Å². The van der Waals surface area contributed by atoms with Crippen LogP contribution in [0.3, 0.4) is 0 Å². The van der Waals surface area contributed by atoms with Gasteiger partial charge in [-0.1, -0.05) is 74.0 Å². The number of carbonyl (C=O) groups is 2. The van der Waals surface area contributed by atoms with Crippen LogP contribution < -0.4 is 10.6 Å². The third-order valence-electron chi connectivity index (χ3n) is 10.0. The Morgan fingerprint density at radius 3 is 2.10 bits per heavy atom. The molecule has 22 heteroatoms. The first-order valence-electron chi connectivity index (χ1n) is 19.3. The van der Waals surface area contributed by atoms with Gasteiger partial charge in [-0.2, -0.15) is 41.1 Å². The van der Waals surface area contributed by atoms with Crippen LogP contribution in [0.5, 0.6) is 0 Å². The smallest absolute Gasteiger partial charge is 0.448 e. The molecule has 16 nitrogen and oxygen atoms in total. The summed E-state index contributed by atoms with van der Waals surface area (Å²) in [6, 6.07) is 19.4. The monoisotopic (exact) mass is 845 g/mol. The number of aromatic nitrogens is 8. The molecule has 2 aliphatic rings. The molecule has 2 fully saturated rings. The molecule has 0 spiro atoms. The van der Waals surface area contributed by atoms with E-state index >= 15 is 0 Å². The fourth-order valence-corrected chi connectivity index (χ4v) is 7.18. The molecule has 60 heavy (non-hydrogen) atoms. The SMILES string of the molecule is CCCn1nnc([C@H]2O[C@@H](n3cnc4c(NCC(c5ccccc5)c5ccccc5)nc(NCCN5CCCCC5)nc43)[C@H](OC(=O)C(F)(F)F)[C@H]2OC(=O)C(F)(F)F)n1. The van der Waals surface area contributed by atoms with Crippen molar-refractivity contribution < 1.29 is 50.1 Å². The number of anilines is 2. The molecule has 0 saturated carbocycles. The fraction of sp³-hybridized carbons (Fsp3) is 0.474. The standard InChI is InChI=1S/C38H41F6N11O5/c1-2-17-55-51-31(50-52-55)28-27(59-34(56)37(39,40)41)29(60-35(57)38(42,43)44)33(58-28)54-22-47-26-30(48-36(49-32(26)54)45-16-20-53-18-10-5-11-19-53)46-21-25(23-12-6-3-7-13-23)24-14-8-4-9-15-24/h3-4,6-9,12-15,22,25,27-29,33H,2,5,10-11,16-21H2,1H3,(H2,45,46,48,49)/t27-,28-,29+,33+/m0/s1. The second-order valence-electron chi connectivity index (χ2n) is 14.2. The lowest BCUT2D eigenvalue weighted by Crippen LogP contribution is -2.42. The highest BCUT2D eigenvalue weighted by Crippen LogP contribution is 2.44. The second-order valence-corrected chi connectivity index (χ2v) is 14.2. The van der Waals surface area contributed by atoms with E-state index in [-0.39, 0.29) is 41.9 Å². The van der Waals surface area contributed by atoms with Crippen LogP contribution in [0.4, 0.5) is 38.1 Å². The van der Waals surface area contributed by atoms with Crippen molar-refractivity contribution in [1.82, 2.24) is 44.6 Å². The van der Waals surface area contributed by atoms with E-state index in [1.165, 1.54) is 0 Å². The number of tetrazole rings is 1. The fourth-order valence-electron chi connectivity index (χ4n) is 7.18. The van der Waals surface area contributed by atoms with Gasteiger partial charge in [0.2, 0.25) is 11.8 Å². The largest absolute Gasteiger partial charge is 0.490 e. The van der Waals surface area contributed by atoms with E-state index in [1.54, 1.807) is 6.92 Å². The maximum absolute atomic E-state index is 13.8. The zero-order valence-electron chi connectivity index (χ0n) is 32.1. The molecule has 0 aliphatic carbocycles. The van der Waals surface area contributed by atoms with Crippen molar-refractivity contribution in [2.24, 2.45) is 0 Å². The number of hydrogen-bond acceptors (Lipinski definition) is 14. The summed E-state index contributed by atoms with van der Waals surface area (Å²) in [6.45, 7) is 5.14. The number of alkyl halides is 6. The zero-order valence-corrected chi connectivity index (χ0v) is 32.1. The number of imidazole rings is 1. The number of rotatable bonds is 15. The van der Waals surface area contributed by atoms with E-state index in [0.717, 1.165) is 59.2 Å². The number of likely N-dealkylation sites (tertiary alicyclic amines) is 1. The summed E-state index contributed by atoms with van der Waals surface area (Å²) in [4.78, 5) is 41.8. The van der Waals surface area contributed by atoms with Gasteiger partial charge in [-0.15, -0.1) is 10.2 Å². The lowest BCUT2D eigenvalue weighted by Gasteiger charge is -2.26. The van der Waals surface area contributed by atoms with E-state index in [2.05, 4.69) is 40.9 Å². The van der Waals surface area contributed by atoms with Gasteiger partial charge in [0.25, 0.3) is 0 Å². The number of piperidine rings is 1. The van der Waals surface area contributed by atoms with E-state index in [0.29, 0.717) is 19.5 Å². The minimum atomic E-state index is -5.61. The van der Waals surface area contributed by atoms with Crippen LogP contribution >= 0.6 is 0 Å². The van der Waals surface area contributed by atoms with Crippen LogP contribution in [0.25, 0.3) is 11.2 Å². The second kappa shape index (κ2) is 18.2. The summed E-state index contributed by atoms with van der Waals surface area (Å²) in [7, 11) is 0. The van der Waals surface area contributed by atoms with Crippen molar-refractivity contribution in [2.45, 2.75) is 82.0 Å². The van der Waals surface area contributed by atoms with Gasteiger partial charge < -0.3 is 29.7 Å². The average Bonchev–Trinajstić information content (AvgIpc) is 3.96. The van der Waals surface area contributed by atoms with Crippen LogP contribution in [0, 0.1) is 0 Å². The summed E-state index contributed by atoms with van der Waals surface area (Å²) in [5.41, 5.74) is 1.97. The number of aryl methyl sites for hydroxylation is 1. The molecule has 2 saturated heterocycles. The molecular weight excluding hydrogens is 804 g/mol. The van der Waals surface area contributed by atoms with E-state index in [4.69, 9.17) is 19.2 Å². The normalized spacial score (nSPS) is 20.1. The van der Waals surface area contributed by atoms with E-state index in [9.17, 15) is 35.9 Å². The first-order chi connectivity index (χ1) is 28.8. The summed E-state index contributed by atoms with van der Waals surface area (Å²) in [5, 5.41) is 18.3. The van der Waals surface area contributed by atoms with Crippen LogP contribution in [0.2, 0.25) is 0 Å². The highest BCUT2D eigenvalue weighted by molar-refractivity contribution is 5.84. The third-order valence-corrected chi connectivity index (χ3v) is 10.0. The number of nitrogens with zero attached hydrogens (tertiary/aromatic N) is 9. The van der Waals surface area contributed by atoms with E-state index < -0.39 is 54.7 Å². The van der Waals surface area contributed by atoms with Gasteiger partial charge >= 0.3 is 24.3 Å². The minimum absolute atomic E-state index is 0.0716. The molecule has 3 aromatic heterocycles. The quantitative estimate of drug-likeness (QED) is 0.0986. The molecule has 0 radical (unpaired) electrons. The predicted octanol–water partition coefficient (Wildman–Crippen LogP) is 5.58. The molecule has 0 unspecified atom stereocenters. The number of carbonyl (C=O) groups excluding carboxylic acids is 2. The highest BCUT2D eigenvalue weighted by atomic mass is 19.4. The first kappa shape index (κ1) is 42.2. The van der Waals surface area contributed by atoms with Crippen molar-refractivity contribution in [3.8, 4) is 0 Å². The van der Waals surface area contributed by atoms with Gasteiger partial charge in [0.15, 0.2) is 41.5 Å². The Balaban J connectivity index is 1.30. The van der Waals surface area contributed by atoms with E-state index in [1.807, 2.05) is 60.7 Å². The number of benzene rings is 2.